The Bertz CT molecular complexity index is 1150. The summed E-state index contributed by atoms with van der Waals surface area (Å²) in [6.45, 7) is 3.79. The summed E-state index contributed by atoms with van der Waals surface area (Å²) in [5.41, 5.74) is 2.41. The van der Waals surface area contributed by atoms with E-state index in [-0.39, 0.29) is 17.7 Å². The van der Waals surface area contributed by atoms with Gasteiger partial charge in [-0.05, 0) is 53.4 Å². The molecule has 0 unspecified atom stereocenters. The normalized spacial score (nSPS) is 16.8. The number of fused-ring (bicyclic) bond motifs is 1. The van der Waals surface area contributed by atoms with Crippen molar-refractivity contribution in [2.24, 2.45) is 5.92 Å². The summed E-state index contributed by atoms with van der Waals surface area (Å²) in [5.74, 6) is 0.0796. The third-order valence-electron chi connectivity index (χ3n) is 6.30. The van der Waals surface area contributed by atoms with E-state index in [0.717, 1.165) is 48.3 Å². The topological polar surface area (TPSA) is 52.7 Å². The van der Waals surface area contributed by atoms with Gasteiger partial charge in [-0.1, -0.05) is 48.0 Å². The van der Waals surface area contributed by atoms with Crippen LogP contribution in [0.25, 0.3) is 10.8 Å². The number of piperazine rings is 1. The lowest BCUT2D eigenvalue weighted by Gasteiger charge is -2.35. The summed E-state index contributed by atoms with van der Waals surface area (Å²) >= 11 is 5.98. The molecule has 5 nitrogen and oxygen atoms in total. The Morgan fingerprint density at radius 3 is 2.22 bits per heavy atom. The van der Waals surface area contributed by atoms with Crippen LogP contribution in [0.3, 0.4) is 0 Å². The summed E-state index contributed by atoms with van der Waals surface area (Å²) in [7, 11) is 0. The number of nitrogens with one attached hydrogen (secondary N) is 1. The van der Waals surface area contributed by atoms with E-state index in [0.29, 0.717) is 24.3 Å². The van der Waals surface area contributed by atoms with Gasteiger partial charge < -0.3 is 10.2 Å². The summed E-state index contributed by atoms with van der Waals surface area (Å²) in [6, 6.07) is 19.7. The van der Waals surface area contributed by atoms with E-state index >= 15 is 0 Å². The molecule has 164 valence electrons. The summed E-state index contributed by atoms with van der Waals surface area (Å²) < 4.78 is 0. The first-order valence-corrected chi connectivity index (χ1v) is 11.5. The highest BCUT2D eigenvalue weighted by molar-refractivity contribution is 6.30. The molecular weight excluding hydrogens is 422 g/mol. The SMILES string of the molecule is O=C(Nc1cc2ccccc2cc1C(=O)N1CCN(Cc2ccc(Cl)cc2)CC1)C1CC1. The van der Waals surface area contributed by atoms with Crippen molar-refractivity contribution in [3.8, 4) is 0 Å². The average Bonchev–Trinajstić information content (AvgIpc) is 3.66. The Morgan fingerprint density at radius 1 is 0.906 bits per heavy atom. The lowest BCUT2D eigenvalue weighted by Crippen LogP contribution is -2.48. The third kappa shape index (κ3) is 4.64. The van der Waals surface area contributed by atoms with Crippen molar-refractivity contribution in [3.05, 3.63) is 76.8 Å². The summed E-state index contributed by atoms with van der Waals surface area (Å²) in [6.07, 6.45) is 1.86. The first-order chi connectivity index (χ1) is 15.6. The highest BCUT2D eigenvalue weighted by atomic mass is 35.5. The molecule has 1 saturated carbocycles. The Kier molecular flexibility index (Phi) is 5.85. The molecule has 2 fully saturated rings. The van der Waals surface area contributed by atoms with Crippen LogP contribution in [0.1, 0.15) is 28.8 Å². The first-order valence-electron chi connectivity index (χ1n) is 11.2. The molecule has 2 amide bonds. The van der Waals surface area contributed by atoms with Crippen molar-refractivity contribution in [1.82, 2.24) is 9.80 Å². The van der Waals surface area contributed by atoms with Crippen molar-refractivity contribution < 1.29 is 9.59 Å². The number of amides is 2. The van der Waals surface area contributed by atoms with Gasteiger partial charge in [0.15, 0.2) is 0 Å². The number of carbonyl (C=O) groups excluding carboxylic acids is 2. The molecule has 32 heavy (non-hydrogen) atoms. The van der Waals surface area contributed by atoms with Gasteiger partial charge in [0, 0.05) is 43.7 Å². The van der Waals surface area contributed by atoms with Crippen molar-refractivity contribution in [2.45, 2.75) is 19.4 Å². The maximum absolute atomic E-state index is 13.5. The standard InChI is InChI=1S/C26H26ClN3O2/c27-22-9-5-18(6-10-22)17-29-11-13-30(14-12-29)26(32)23-15-20-3-1-2-4-21(20)16-24(23)28-25(31)19-7-8-19/h1-6,9-10,15-16,19H,7-8,11-14,17H2,(H,28,31). The quantitative estimate of drug-likeness (QED) is 0.611. The van der Waals surface area contributed by atoms with E-state index < -0.39 is 0 Å². The molecule has 0 spiro atoms. The van der Waals surface area contributed by atoms with Gasteiger partial charge in [-0.2, -0.15) is 0 Å². The second kappa shape index (κ2) is 8.93. The van der Waals surface area contributed by atoms with Crippen LogP contribution < -0.4 is 5.32 Å². The lowest BCUT2D eigenvalue weighted by atomic mass is 10.0. The fourth-order valence-electron chi connectivity index (χ4n) is 4.23. The highest BCUT2D eigenvalue weighted by Crippen LogP contribution is 2.32. The van der Waals surface area contributed by atoms with E-state index in [2.05, 4.69) is 10.2 Å². The van der Waals surface area contributed by atoms with Crippen LogP contribution in [0.5, 0.6) is 0 Å². The number of hydrogen-bond donors (Lipinski definition) is 1. The van der Waals surface area contributed by atoms with Gasteiger partial charge in [0.2, 0.25) is 5.91 Å². The molecule has 3 aromatic rings. The number of nitrogens with zero attached hydrogens (tertiary/aromatic N) is 2. The van der Waals surface area contributed by atoms with Crippen molar-refractivity contribution >= 4 is 39.9 Å². The van der Waals surface area contributed by atoms with Crippen LogP contribution in [0.4, 0.5) is 5.69 Å². The number of hydrogen-bond acceptors (Lipinski definition) is 3. The van der Waals surface area contributed by atoms with E-state index in [9.17, 15) is 9.59 Å². The maximum Gasteiger partial charge on any atom is 0.256 e. The van der Waals surface area contributed by atoms with E-state index in [4.69, 9.17) is 11.6 Å². The highest BCUT2D eigenvalue weighted by Gasteiger charge is 2.31. The number of benzene rings is 3. The molecule has 3 aromatic carbocycles. The zero-order chi connectivity index (χ0) is 22.1. The third-order valence-corrected chi connectivity index (χ3v) is 6.55. The van der Waals surface area contributed by atoms with Crippen LogP contribution in [0, 0.1) is 5.92 Å². The van der Waals surface area contributed by atoms with Crippen LogP contribution in [-0.4, -0.2) is 47.8 Å². The number of halogens is 1. The minimum atomic E-state index is -0.0204. The molecule has 1 aliphatic heterocycles. The Labute approximate surface area is 193 Å². The zero-order valence-corrected chi connectivity index (χ0v) is 18.6. The molecule has 1 N–H and O–H groups in total. The van der Waals surface area contributed by atoms with Gasteiger partial charge in [-0.15, -0.1) is 0 Å². The van der Waals surface area contributed by atoms with Gasteiger partial charge >= 0.3 is 0 Å². The van der Waals surface area contributed by atoms with Crippen LogP contribution in [-0.2, 0) is 11.3 Å². The molecular formula is C26H26ClN3O2. The van der Waals surface area contributed by atoms with Gasteiger partial charge in [-0.25, -0.2) is 0 Å². The monoisotopic (exact) mass is 447 g/mol. The molecule has 2 aliphatic rings. The van der Waals surface area contributed by atoms with Crippen LogP contribution in [0.15, 0.2) is 60.7 Å². The molecule has 1 aliphatic carbocycles. The predicted octanol–water partition coefficient (Wildman–Crippen LogP) is 4.80. The number of carbonyl (C=O) groups is 2. The second-order valence-corrected chi connectivity index (χ2v) is 9.14. The summed E-state index contributed by atoms with van der Waals surface area (Å²) in [5, 5.41) is 5.78. The Balaban J connectivity index is 1.31. The van der Waals surface area contributed by atoms with E-state index in [1.165, 1.54) is 5.56 Å². The minimum absolute atomic E-state index is 0.0158. The Hall–Kier alpha value is -2.89. The van der Waals surface area contributed by atoms with Gasteiger partial charge in [0.1, 0.15) is 0 Å². The minimum Gasteiger partial charge on any atom is -0.336 e. The fraction of sp³-hybridized carbons (Fsp3) is 0.308. The Morgan fingerprint density at radius 2 is 1.56 bits per heavy atom. The van der Waals surface area contributed by atoms with Crippen molar-refractivity contribution in [1.29, 1.82) is 0 Å². The predicted molar refractivity (Wildman–Crippen MR) is 128 cm³/mol. The van der Waals surface area contributed by atoms with Crippen molar-refractivity contribution in [3.63, 3.8) is 0 Å². The molecule has 0 bridgehead atoms. The van der Waals surface area contributed by atoms with Crippen molar-refractivity contribution in [2.75, 3.05) is 31.5 Å². The van der Waals surface area contributed by atoms with Gasteiger partial charge in [0.05, 0.1) is 11.3 Å². The average molecular weight is 448 g/mol. The second-order valence-electron chi connectivity index (χ2n) is 8.70. The number of anilines is 1. The molecule has 1 heterocycles. The molecule has 6 heteroatoms. The van der Waals surface area contributed by atoms with E-state index in [1.807, 2.05) is 65.6 Å². The van der Waals surface area contributed by atoms with Crippen LogP contribution in [0.2, 0.25) is 5.02 Å². The molecule has 0 atom stereocenters. The summed E-state index contributed by atoms with van der Waals surface area (Å²) in [4.78, 5) is 30.2. The van der Waals surface area contributed by atoms with E-state index in [1.54, 1.807) is 0 Å². The molecule has 0 aromatic heterocycles. The van der Waals surface area contributed by atoms with Gasteiger partial charge in [0.25, 0.3) is 5.91 Å². The van der Waals surface area contributed by atoms with Crippen LogP contribution >= 0.6 is 11.6 Å². The van der Waals surface area contributed by atoms with Gasteiger partial charge in [-0.3, -0.25) is 14.5 Å². The molecule has 1 saturated heterocycles. The molecule has 0 radical (unpaired) electrons. The fourth-order valence-corrected chi connectivity index (χ4v) is 4.35. The largest absolute Gasteiger partial charge is 0.336 e. The smallest absolute Gasteiger partial charge is 0.256 e. The number of rotatable bonds is 5. The maximum atomic E-state index is 13.5. The zero-order valence-electron chi connectivity index (χ0n) is 17.9. The first kappa shape index (κ1) is 21.0. The lowest BCUT2D eigenvalue weighted by molar-refractivity contribution is -0.117. The molecule has 5 rings (SSSR count).